The van der Waals surface area contributed by atoms with Crippen molar-refractivity contribution in [1.29, 1.82) is 0 Å². The normalized spacial score (nSPS) is 16.8. The van der Waals surface area contributed by atoms with E-state index in [1.807, 2.05) is 44.2 Å². The van der Waals surface area contributed by atoms with Crippen molar-refractivity contribution in [2.75, 3.05) is 0 Å². The standard InChI is InChI=1S/C31H45N5O5/c1-21(2)16-28(29(39)14-15-37)36(25-12-8-5-9-13-25)31(41)27(18-24-19-32-20-33-24)35-30(40)26(34-22(3)38)17-23-10-6-4-7-11-23/h4,6-7,10-11,15,19-21,25-29,39H,5,8-9,12-14,16-18H2,1-3H3,(H,32,33)(H,34,38)(H,35,40)/t26-,27-,28-,29-/m0/s1. The van der Waals surface area contributed by atoms with Crippen molar-refractivity contribution in [3.63, 3.8) is 0 Å². The van der Waals surface area contributed by atoms with Crippen molar-refractivity contribution in [1.82, 2.24) is 25.5 Å². The number of hydrogen-bond acceptors (Lipinski definition) is 6. The first-order valence-corrected chi connectivity index (χ1v) is 14.7. The zero-order chi connectivity index (χ0) is 29.8. The zero-order valence-corrected chi connectivity index (χ0v) is 24.4. The van der Waals surface area contributed by atoms with Crippen LogP contribution >= 0.6 is 0 Å². The molecule has 2 aromatic rings. The fourth-order valence-electron chi connectivity index (χ4n) is 5.74. The Kier molecular flexibility index (Phi) is 12.5. The molecule has 4 atom stereocenters. The molecule has 0 spiro atoms. The lowest BCUT2D eigenvalue weighted by molar-refractivity contribution is -0.146. The van der Waals surface area contributed by atoms with Gasteiger partial charge in [0.15, 0.2) is 0 Å². The van der Waals surface area contributed by atoms with Crippen LogP contribution in [0, 0.1) is 5.92 Å². The first-order chi connectivity index (χ1) is 19.7. The average Bonchev–Trinajstić information content (AvgIpc) is 3.46. The maximum atomic E-state index is 14.5. The van der Waals surface area contributed by atoms with Crippen LogP contribution < -0.4 is 10.6 Å². The van der Waals surface area contributed by atoms with Gasteiger partial charge in [-0.15, -0.1) is 0 Å². The molecular weight excluding hydrogens is 522 g/mol. The summed E-state index contributed by atoms with van der Waals surface area (Å²) in [6.07, 6.45) is 8.25. The molecule has 1 aromatic carbocycles. The molecular formula is C31H45N5O5. The Morgan fingerprint density at radius 1 is 1.07 bits per heavy atom. The summed E-state index contributed by atoms with van der Waals surface area (Å²) in [6.45, 7) is 5.40. The minimum atomic E-state index is -1.02. The molecule has 0 saturated heterocycles. The van der Waals surface area contributed by atoms with Gasteiger partial charge in [0.2, 0.25) is 17.7 Å². The number of carbonyl (C=O) groups excluding carboxylic acids is 4. The van der Waals surface area contributed by atoms with Crippen LogP contribution in [0.5, 0.6) is 0 Å². The molecule has 3 rings (SSSR count). The topological polar surface area (TPSA) is 144 Å². The number of aromatic amines is 1. The van der Waals surface area contributed by atoms with E-state index in [-0.39, 0.29) is 43.0 Å². The molecule has 0 unspecified atom stereocenters. The maximum Gasteiger partial charge on any atom is 0.246 e. The third-order valence-corrected chi connectivity index (χ3v) is 7.64. The predicted octanol–water partition coefficient (Wildman–Crippen LogP) is 2.71. The number of carbonyl (C=O) groups is 4. The first kappa shape index (κ1) is 32.0. The second-order valence-electron chi connectivity index (χ2n) is 11.5. The highest BCUT2D eigenvalue weighted by Gasteiger charge is 2.40. The summed E-state index contributed by atoms with van der Waals surface area (Å²) >= 11 is 0. The number of benzene rings is 1. The van der Waals surface area contributed by atoms with Gasteiger partial charge in [0.05, 0.1) is 18.5 Å². The molecule has 1 saturated carbocycles. The smallest absolute Gasteiger partial charge is 0.246 e. The molecule has 224 valence electrons. The van der Waals surface area contributed by atoms with E-state index in [0.717, 1.165) is 37.7 Å². The molecule has 3 amide bonds. The van der Waals surface area contributed by atoms with E-state index >= 15 is 0 Å². The molecule has 0 radical (unpaired) electrons. The van der Waals surface area contributed by atoms with Crippen molar-refractivity contribution in [2.24, 2.45) is 5.92 Å². The second kappa shape index (κ2) is 16.0. The molecule has 1 aliphatic carbocycles. The molecule has 1 fully saturated rings. The highest BCUT2D eigenvalue weighted by atomic mass is 16.3. The molecule has 41 heavy (non-hydrogen) atoms. The van der Waals surface area contributed by atoms with Gasteiger partial charge < -0.3 is 30.4 Å². The van der Waals surface area contributed by atoms with E-state index < -0.39 is 30.1 Å². The lowest BCUT2D eigenvalue weighted by atomic mass is 9.88. The van der Waals surface area contributed by atoms with Gasteiger partial charge in [-0.2, -0.15) is 0 Å². The third kappa shape index (κ3) is 9.81. The number of H-pyrrole nitrogens is 1. The fourth-order valence-corrected chi connectivity index (χ4v) is 5.74. The lowest BCUT2D eigenvalue weighted by Gasteiger charge is -2.44. The van der Waals surface area contributed by atoms with Crippen LogP contribution in [-0.2, 0) is 32.0 Å². The lowest BCUT2D eigenvalue weighted by Crippen LogP contribution is -2.61. The molecule has 10 nitrogen and oxygen atoms in total. The van der Waals surface area contributed by atoms with E-state index in [4.69, 9.17) is 0 Å². The minimum absolute atomic E-state index is 0.0762. The van der Waals surface area contributed by atoms with Crippen molar-refractivity contribution in [3.8, 4) is 0 Å². The number of nitrogens with one attached hydrogen (secondary N) is 3. The number of aliphatic hydroxyl groups is 1. The third-order valence-electron chi connectivity index (χ3n) is 7.64. The van der Waals surface area contributed by atoms with Crippen molar-refractivity contribution < 1.29 is 24.3 Å². The van der Waals surface area contributed by atoms with Crippen molar-refractivity contribution >= 4 is 24.0 Å². The molecule has 1 heterocycles. The summed E-state index contributed by atoms with van der Waals surface area (Å²) in [5.41, 5.74) is 1.54. The van der Waals surface area contributed by atoms with Crippen molar-refractivity contribution in [3.05, 3.63) is 54.1 Å². The molecule has 4 N–H and O–H groups in total. The van der Waals surface area contributed by atoms with E-state index in [1.54, 1.807) is 11.1 Å². The van der Waals surface area contributed by atoms with Gasteiger partial charge in [0, 0.05) is 44.1 Å². The van der Waals surface area contributed by atoms with Crippen LogP contribution in [-0.4, -0.2) is 74.3 Å². The summed E-state index contributed by atoms with van der Waals surface area (Å²) in [5, 5.41) is 16.8. The Labute approximate surface area is 242 Å². The minimum Gasteiger partial charge on any atom is -0.391 e. The number of rotatable bonds is 15. The SMILES string of the molecule is CC(=O)N[C@@H](Cc1ccccc1)C(=O)N[C@@H](Cc1cnc[nH]1)C(=O)N(C1CCCCC1)[C@@H](CC(C)C)[C@@H](O)CC=O. The number of aliphatic hydroxyl groups excluding tert-OH is 1. The molecule has 0 aliphatic heterocycles. The van der Waals surface area contributed by atoms with Gasteiger partial charge in [0.1, 0.15) is 18.4 Å². The van der Waals surface area contributed by atoms with Crippen LogP contribution in [0.4, 0.5) is 0 Å². The highest BCUT2D eigenvalue weighted by molar-refractivity contribution is 5.92. The molecule has 1 aromatic heterocycles. The summed E-state index contributed by atoms with van der Waals surface area (Å²) < 4.78 is 0. The number of aromatic nitrogens is 2. The Bertz CT molecular complexity index is 1100. The maximum absolute atomic E-state index is 14.5. The monoisotopic (exact) mass is 567 g/mol. The zero-order valence-electron chi connectivity index (χ0n) is 24.4. The predicted molar refractivity (Wildman–Crippen MR) is 156 cm³/mol. The number of hydrogen-bond donors (Lipinski definition) is 4. The number of imidazole rings is 1. The summed E-state index contributed by atoms with van der Waals surface area (Å²) in [7, 11) is 0. The van der Waals surface area contributed by atoms with Gasteiger partial charge in [0.25, 0.3) is 0 Å². The molecule has 10 heteroatoms. The van der Waals surface area contributed by atoms with E-state index in [0.29, 0.717) is 18.4 Å². The van der Waals surface area contributed by atoms with Gasteiger partial charge in [-0.1, -0.05) is 63.4 Å². The summed E-state index contributed by atoms with van der Waals surface area (Å²) in [4.78, 5) is 60.5. The summed E-state index contributed by atoms with van der Waals surface area (Å²) in [6, 6.07) is 6.81. The summed E-state index contributed by atoms with van der Waals surface area (Å²) in [5.74, 6) is -0.970. The Hall–Kier alpha value is -3.53. The van der Waals surface area contributed by atoms with E-state index in [9.17, 15) is 24.3 Å². The first-order valence-electron chi connectivity index (χ1n) is 14.7. The van der Waals surface area contributed by atoms with Crippen molar-refractivity contribution in [2.45, 2.75) is 109 Å². The van der Waals surface area contributed by atoms with Crippen LogP contribution in [0.25, 0.3) is 0 Å². The van der Waals surface area contributed by atoms with Crippen LogP contribution in [0.2, 0.25) is 0 Å². The fraction of sp³-hybridized carbons (Fsp3) is 0.581. The largest absolute Gasteiger partial charge is 0.391 e. The Morgan fingerprint density at radius 2 is 1.78 bits per heavy atom. The van der Waals surface area contributed by atoms with E-state index in [2.05, 4.69) is 20.6 Å². The number of nitrogens with zero attached hydrogens (tertiary/aromatic N) is 2. The van der Waals surface area contributed by atoms with Gasteiger partial charge in [-0.25, -0.2) is 4.98 Å². The number of amides is 3. The molecule has 1 aliphatic rings. The van der Waals surface area contributed by atoms with Gasteiger partial charge in [-0.3, -0.25) is 14.4 Å². The highest BCUT2D eigenvalue weighted by Crippen LogP contribution is 2.29. The number of aldehydes is 1. The second-order valence-corrected chi connectivity index (χ2v) is 11.5. The van der Waals surface area contributed by atoms with E-state index in [1.165, 1.54) is 13.3 Å². The Balaban J connectivity index is 1.96. The Morgan fingerprint density at radius 3 is 2.37 bits per heavy atom. The van der Waals surface area contributed by atoms with Crippen LogP contribution in [0.15, 0.2) is 42.9 Å². The van der Waals surface area contributed by atoms with Crippen LogP contribution in [0.1, 0.15) is 77.0 Å². The van der Waals surface area contributed by atoms with Crippen LogP contribution in [0.3, 0.4) is 0 Å². The average molecular weight is 568 g/mol. The quantitative estimate of drug-likeness (QED) is 0.244. The van der Waals surface area contributed by atoms with Gasteiger partial charge in [-0.05, 0) is 30.7 Å². The van der Waals surface area contributed by atoms with Gasteiger partial charge >= 0.3 is 0 Å². The molecule has 0 bridgehead atoms.